The van der Waals surface area contributed by atoms with Crippen LogP contribution in [0.1, 0.15) is 6.92 Å². The van der Waals surface area contributed by atoms with E-state index in [9.17, 15) is 4.79 Å². The Hall–Kier alpha value is -2.37. The number of para-hydroxylation sites is 1. The molecule has 0 unspecified atom stereocenters. The normalized spacial score (nSPS) is 20.7. The number of amides is 1. The van der Waals surface area contributed by atoms with Crippen LogP contribution in [0.2, 0.25) is 0 Å². The fraction of sp³-hybridized carbons (Fsp3) is 0.278. The monoisotopic (exact) mass is 312 g/mol. The van der Waals surface area contributed by atoms with E-state index < -0.39 is 0 Å². The summed E-state index contributed by atoms with van der Waals surface area (Å²) in [6.07, 6.45) is -0.146. The van der Waals surface area contributed by atoms with Gasteiger partial charge < -0.3 is 20.1 Å². The van der Waals surface area contributed by atoms with E-state index in [0.717, 1.165) is 5.75 Å². The third-order valence-corrected chi connectivity index (χ3v) is 3.68. The lowest BCUT2D eigenvalue weighted by Gasteiger charge is -2.29. The first-order chi connectivity index (χ1) is 11.2. The van der Waals surface area contributed by atoms with Gasteiger partial charge in [0.05, 0.1) is 12.7 Å². The van der Waals surface area contributed by atoms with Crippen molar-refractivity contribution < 1.29 is 14.3 Å². The lowest BCUT2D eigenvalue weighted by molar-refractivity contribution is -0.123. The molecule has 0 bridgehead atoms. The summed E-state index contributed by atoms with van der Waals surface area (Å²) in [4.78, 5) is 12.4. The minimum Gasteiger partial charge on any atom is -0.457 e. The molecule has 0 aromatic heterocycles. The van der Waals surface area contributed by atoms with E-state index in [-0.39, 0.29) is 18.1 Å². The van der Waals surface area contributed by atoms with Crippen molar-refractivity contribution in [2.24, 2.45) is 0 Å². The first-order valence-electron chi connectivity index (χ1n) is 7.71. The van der Waals surface area contributed by atoms with Gasteiger partial charge >= 0.3 is 0 Å². The van der Waals surface area contributed by atoms with Gasteiger partial charge in [0.15, 0.2) is 0 Å². The molecule has 3 rings (SSSR count). The number of ether oxygens (including phenoxy) is 2. The Bertz CT molecular complexity index is 660. The Balaban J connectivity index is 1.66. The molecule has 2 atom stereocenters. The third kappa shape index (κ3) is 4.09. The molecule has 2 N–H and O–H groups in total. The van der Waals surface area contributed by atoms with Crippen molar-refractivity contribution in [2.75, 3.05) is 18.5 Å². The molecule has 0 spiro atoms. The topological polar surface area (TPSA) is 59.6 Å². The first-order valence-corrected chi connectivity index (χ1v) is 7.71. The predicted molar refractivity (Wildman–Crippen MR) is 88.8 cm³/mol. The summed E-state index contributed by atoms with van der Waals surface area (Å²) >= 11 is 0. The van der Waals surface area contributed by atoms with Crippen LogP contribution in [-0.4, -0.2) is 31.2 Å². The number of rotatable bonds is 4. The van der Waals surface area contributed by atoms with Crippen molar-refractivity contribution >= 4 is 11.6 Å². The van der Waals surface area contributed by atoms with Crippen LogP contribution < -0.4 is 15.4 Å². The van der Waals surface area contributed by atoms with Crippen molar-refractivity contribution in [2.45, 2.75) is 19.1 Å². The number of benzene rings is 2. The van der Waals surface area contributed by atoms with E-state index >= 15 is 0 Å². The molecule has 2 aromatic carbocycles. The fourth-order valence-electron chi connectivity index (χ4n) is 2.51. The van der Waals surface area contributed by atoms with Crippen LogP contribution in [-0.2, 0) is 9.53 Å². The summed E-state index contributed by atoms with van der Waals surface area (Å²) in [6, 6.07) is 16.5. The molecule has 23 heavy (non-hydrogen) atoms. The zero-order valence-corrected chi connectivity index (χ0v) is 13.0. The van der Waals surface area contributed by atoms with E-state index in [1.165, 1.54) is 0 Å². The van der Waals surface area contributed by atoms with Crippen molar-refractivity contribution in [3.8, 4) is 11.5 Å². The first kappa shape index (κ1) is 15.5. The van der Waals surface area contributed by atoms with Gasteiger partial charge in [-0.2, -0.15) is 0 Å². The van der Waals surface area contributed by atoms with Gasteiger partial charge in [0, 0.05) is 18.3 Å². The van der Waals surface area contributed by atoms with Gasteiger partial charge in [0.25, 0.3) is 0 Å². The minimum atomic E-state index is -0.345. The highest BCUT2D eigenvalue weighted by Crippen LogP contribution is 2.24. The van der Waals surface area contributed by atoms with Gasteiger partial charge in [-0.25, -0.2) is 0 Å². The number of carbonyl (C=O) groups excluding carboxylic acids is 1. The Labute approximate surface area is 135 Å². The van der Waals surface area contributed by atoms with Crippen LogP contribution in [0.4, 0.5) is 5.69 Å². The van der Waals surface area contributed by atoms with Crippen LogP contribution in [0, 0.1) is 0 Å². The van der Waals surface area contributed by atoms with Gasteiger partial charge in [-0.1, -0.05) is 24.3 Å². The molecule has 1 aliphatic heterocycles. The number of anilines is 1. The summed E-state index contributed by atoms with van der Waals surface area (Å²) in [7, 11) is 0. The van der Waals surface area contributed by atoms with Gasteiger partial charge in [-0.3, -0.25) is 4.79 Å². The minimum absolute atomic E-state index is 0.103. The lowest BCUT2D eigenvalue weighted by Crippen LogP contribution is -2.53. The largest absolute Gasteiger partial charge is 0.457 e. The zero-order chi connectivity index (χ0) is 16.1. The maximum atomic E-state index is 12.4. The summed E-state index contributed by atoms with van der Waals surface area (Å²) in [6.45, 7) is 3.20. The van der Waals surface area contributed by atoms with Crippen LogP contribution in [0.3, 0.4) is 0 Å². The van der Waals surface area contributed by atoms with Gasteiger partial charge in [-0.05, 0) is 31.2 Å². The molecule has 0 radical (unpaired) electrons. The number of nitrogens with one attached hydrogen (secondary N) is 2. The van der Waals surface area contributed by atoms with Crippen LogP contribution in [0.15, 0.2) is 54.6 Å². The summed E-state index contributed by atoms with van der Waals surface area (Å²) in [5, 5.41) is 6.08. The lowest BCUT2D eigenvalue weighted by atomic mass is 10.1. The van der Waals surface area contributed by atoms with Crippen molar-refractivity contribution in [3.63, 3.8) is 0 Å². The molecule has 0 aliphatic carbocycles. The summed E-state index contributed by atoms with van der Waals surface area (Å²) in [5.41, 5.74) is 0.697. The molecule has 5 nitrogen and oxygen atoms in total. The average Bonchev–Trinajstić information content (AvgIpc) is 2.56. The van der Waals surface area contributed by atoms with Crippen molar-refractivity contribution in [1.29, 1.82) is 0 Å². The van der Waals surface area contributed by atoms with Gasteiger partial charge in [-0.15, -0.1) is 0 Å². The SMILES string of the molecule is C[C@H]1OCCN[C@@H]1C(=O)Nc1cccc(Oc2ccccc2)c1. The molecule has 120 valence electrons. The van der Waals surface area contributed by atoms with Crippen molar-refractivity contribution in [1.82, 2.24) is 5.32 Å². The molecule has 1 saturated heterocycles. The second-order valence-corrected chi connectivity index (χ2v) is 5.44. The number of carbonyl (C=O) groups is 1. The Morgan fingerprint density at radius 2 is 1.96 bits per heavy atom. The molecule has 5 heteroatoms. The predicted octanol–water partition coefficient (Wildman–Crippen LogP) is 2.79. The zero-order valence-electron chi connectivity index (χ0n) is 13.0. The van der Waals surface area contributed by atoms with E-state index in [2.05, 4.69) is 10.6 Å². The van der Waals surface area contributed by atoms with E-state index in [0.29, 0.717) is 24.6 Å². The smallest absolute Gasteiger partial charge is 0.244 e. The van der Waals surface area contributed by atoms with Gasteiger partial charge in [0.2, 0.25) is 5.91 Å². The Kier molecular flexibility index (Phi) is 4.90. The number of hydrogen-bond donors (Lipinski definition) is 2. The van der Waals surface area contributed by atoms with Crippen molar-refractivity contribution in [3.05, 3.63) is 54.6 Å². The molecule has 0 saturated carbocycles. The molecule has 1 fully saturated rings. The third-order valence-electron chi connectivity index (χ3n) is 3.68. The summed E-state index contributed by atoms with van der Waals surface area (Å²) < 4.78 is 11.3. The Morgan fingerprint density at radius 3 is 2.74 bits per heavy atom. The van der Waals surface area contributed by atoms with Crippen LogP contribution in [0.25, 0.3) is 0 Å². The van der Waals surface area contributed by atoms with E-state index in [4.69, 9.17) is 9.47 Å². The Morgan fingerprint density at radius 1 is 1.17 bits per heavy atom. The molecule has 1 amide bonds. The second-order valence-electron chi connectivity index (χ2n) is 5.44. The maximum Gasteiger partial charge on any atom is 0.244 e. The molecule has 1 heterocycles. The average molecular weight is 312 g/mol. The van der Waals surface area contributed by atoms with Crippen LogP contribution >= 0.6 is 0 Å². The fourth-order valence-corrected chi connectivity index (χ4v) is 2.51. The molecule has 2 aromatic rings. The van der Waals surface area contributed by atoms with E-state index in [1.807, 2.05) is 55.5 Å². The quantitative estimate of drug-likeness (QED) is 0.911. The second kappa shape index (κ2) is 7.26. The highest BCUT2D eigenvalue weighted by atomic mass is 16.5. The number of hydrogen-bond acceptors (Lipinski definition) is 4. The molecular weight excluding hydrogens is 292 g/mol. The molecular formula is C18H20N2O3. The van der Waals surface area contributed by atoms with Crippen LogP contribution in [0.5, 0.6) is 11.5 Å². The summed E-state index contributed by atoms with van der Waals surface area (Å²) in [5.74, 6) is 1.33. The van der Waals surface area contributed by atoms with E-state index in [1.54, 1.807) is 6.07 Å². The van der Waals surface area contributed by atoms with Gasteiger partial charge in [0.1, 0.15) is 17.5 Å². The standard InChI is InChI=1S/C18H20N2O3/c1-13-17(19-10-11-22-13)18(21)20-14-6-5-9-16(12-14)23-15-7-3-2-4-8-15/h2-9,12-13,17,19H,10-11H2,1H3,(H,20,21)/t13-,17+/m1/s1. The highest BCUT2D eigenvalue weighted by Gasteiger charge is 2.28. The maximum absolute atomic E-state index is 12.4. The number of morpholine rings is 1. The molecule has 1 aliphatic rings. The highest BCUT2D eigenvalue weighted by molar-refractivity contribution is 5.95.